The second-order valence-electron chi connectivity index (χ2n) is 7.16. The van der Waals surface area contributed by atoms with Crippen LogP contribution in [0.3, 0.4) is 0 Å². The van der Waals surface area contributed by atoms with Crippen molar-refractivity contribution in [2.24, 2.45) is 0 Å². The van der Waals surface area contributed by atoms with Crippen molar-refractivity contribution in [1.29, 1.82) is 0 Å². The van der Waals surface area contributed by atoms with Crippen LogP contribution in [0.1, 0.15) is 12.8 Å². The first-order chi connectivity index (χ1) is 14.2. The molecule has 3 N–H and O–H groups in total. The lowest BCUT2D eigenvalue weighted by Crippen LogP contribution is -2.32. The Labute approximate surface area is 167 Å². The van der Waals surface area contributed by atoms with E-state index in [0.717, 1.165) is 47.6 Å². The van der Waals surface area contributed by atoms with Crippen LogP contribution >= 0.6 is 0 Å². The molecule has 4 aromatic rings. The first-order valence-corrected chi connectivity index (χ1v) is 9.64. The van der Waals surface area contributed by atoms with Gasteiger partial charge in [-0.25, -0.2) is 14.5 Å². The maximum atomic E-state index is 9.62. The molecular formula is C21H21N7O. The fourth-order valence-electron chi connectivity index (χ4n) is 3.94. The molecule has 1 aliphatic heterocycles. The summed E-state index contributed by atoms with van der Waals surface area (Å²) in [5, 5.41) is 14.1. The summed E-state index contributed by atoms with van der Waals surface area (Å²) in [6.45, 7) is 1.05. The Morgan fingerprint density at radius 2 is 2.03 bits per heavy atom. The quantitative estimate of drug-likeness (QED) is 0.554. The molecular weight excluding hydrogens is 366 g/mol. The van der Waals surface area contributed by atoms with E-state index in [-0.39, 0.29) is 12.6 Å². The second-order valence-corrected chi connectivity index (χ2v) is 7.16. The summed E-state index contributed by atoms with van der Waals surface area (Å²) in [4.78, 5) is 15.7. The summed E-state index contributed by atoms with van der Waals surface area (Å²) >= 11 is 0. The molecule has 0 aliphatic carbocycles. The molecule has 1 aliphatic rings. The highest BCUT2D eigenvalue weighted by atomic mass is 16.3. The van der Waals surface area contributed by atoms with Crippen molar-refractivity contribution in [3.63, 3.8) is 0 Å². The SMILES string of the molecule is Nc1nn2cc(-c3ccnc(N4CCC[C@@H]4CO)c3)cnc2c1-c1ccccn1. The molecule has 4 aromatic heterocycles. The predicted octanol–water partition coefficient (Wildman–Crippen LogP) is 2.40. The van der Waals surface area contributed by atoms with Crippen molar-refractivity contribution in [3.8, 4) is 22.4 Å². The zero-order valence-electron chi connectivity index (χ0n) is 15.8. The minimum atomic E-state index is 0.130. The van der Waals surface area contributed by atoms with Crippen LogP contribution in [0.15, 0.2) is 55.1 Å². The monoisotopic (exact) mass is 387 g/mol. The van der Waals surface area contributed by atoms with Crippen molar-refractivity contribution in [2.75, 3.05) is 23.8 Å². The van der Waals surface area contributed by atoms with Gasteiger partial charge in [-0.15, -0.1) is 5.10 Å². The molecule has 0 radical (unpaired) electrons. The van der Waals surface area contributed by atoms with Crippen LogP contribution in [0.5, 0.6) is 0 Å². The number of nitrogens with zero attached hydrogens (tertiary/aromatic N) is 6. The molecule has 8 nitrogen and oxygen atoms in total. The molecule has 5 rings (SSSR count). The van der Waals surface area contributed by atoms with Gasteiger partial charge in [0.2, 0.25) is 0 Å². The summed E-state index contributed by atoms with van der Waals surface area (Å²) in [6, 6.07) is 9.78. The number of hydrogen-bond donors (Lipinski definition) is 2. The summed E-state index contributed by atoms with van der Waals surface area (Å²) in [6.07, 6.45) is 9.29. The van der Waals surface area contributed by atoms with Crippen LogP contribution in [0, 0.1) is 0 Å². The van der Waals surface area contributed by atoms with Crippen LogP contribution in [-0.4, -0.2) is 48.9 Å². The molecule has 0 aromatic carbocycles. The molecule has 1 fully saturated rings. The maximum absolute atomic E-state index is 9.62. The molecule has 0 bridgehead atoms. The number of pyridine rings is 2. The third kappa shape index (κ3) is 3.07. The smallest absolute Gasteiger partial charge is 0.166 e. The van der Waals surface area contributed by atoms with Gasteiger partial charge in [-0.2, -0.15) is 0 Å². The number of aromatic nitrogens is 5. The number of anilines is 2. The summed E-state index contributed by atoms with van der Waals surface area (Å²) in [7, 11) is 0. The van der Waals surface area contributed by atoms with E-state index in [4.69, 9.17) is 5.73 Å². The van der Waals surface area contributed by atoms with Gasteiger partial charge in [0.25, 0.3) is 0 Å². The van der Waals surface area contributed by atoms with E-state index in [1.807, 2.05) is 42.7 Å². The highest BCUT2D eigenvalue weighted by molar-refractivity contribution is 5.84. The molecule has 5 heterocycles. The molecule has 146 valence electrons. The molecule has 0 unspecified atom stereocenters. The van der Waals surface area contributed by atoms with Crippen LogP contribution in [-0.2, 0) is 0 Å². The van der Waals surface area contributed by atoms with Gasteiger partial charge in [-0.1, -0.05) is 6.07 Å². The lowest BCUT2D eigenvalue weighted by atomic mass is 10.1. The maximum Gasteiger partial charge on any atom is 0.166 e. The van der Waals surface area contributed by atoms with Crippen LogP contribution < -0.4 is 10.6 Å². The van der Waals surface area contributed by atoms with Crippen molar-refractivity contribution in [3.05, 3.63) is 55.1 Å². The molecule has 1 atom stereocenters. The Hall–Kier alpha value is -3.52. The first kappa shape index (κ1) is 17.6. The average molecular weight is 387 g/mol. The Balaban J connectivity index is 1.54. The Morgan fingerprint density at radius 1 is 1.10 bits per heavy atom. The number of rotatable bonds is 4. The zero-order valence-corrected chi connectivity index (χ0v) is 15.8. The number of aliphatic hydroxyl groups excluding tert-OH is 1. The summed E-state index contributed by atoms with van der Waals surface area (Å²) < 4.78 is 1.70. The molecule has 0 saturated carbocycles. The third-order valence-corrected chi connectivity index (χ3v) is 5.38. The van der Waals surface area contributed by atoms with Gasteiger partial charge < -0.3 is 15.7 Å². The first-order valence-electron chi connectivity index (χ1n) is 9.64. The number of hydrogen-bond acceptors (Lipinski definition) is 7. The van der Waals surface area contributed by atoms with E-state index >= 15 is 0 Å². The number of nitrogens with two attached hydrogens (primary N) is 1. The van der Waals surface area contributed by atoms with Crippen molar-refractivity contribution in [1.82, 2.24) is 24.6 Å². The molecule has 29 heavy (non-hydrogen) atoms. The topological polar surface area (TPSA) is 105 Å². The van der Waals surface area contributed by atoms with Crippen LogP contribution in [0.2, 0.25) is 0 Å². The minimum absolute atomic E-state index is 0.130. The fraction of sp³-hybridized carbons (Fsp3) is 0.238. The largest absolute Gasteiger partial charge is 0.394 e. The van der Waals surface area contributed by atoms with Gasteiger partial charge in [-0.3, -0.25) is 4.98 Å². The van der Waals surface area contributed by atoms with Crippen molar-refractivity contribution >= 4 is 17.3 Å². The molecule has 0 spiro atoms. The van der Waals surface area contributed by atoms with Gasteiger partial charge in [0.15, 0.2) is 11.5 Å². The molecule has 1 saturated heterocycles. The Morgan fingerprint density at radius 3 is 2.86 bits per heavy atom. The van der Waals surface area contributed by atoms with Crippen molar-refractivity contribution < 1.29 is 5.11 Å². The van der Waals surface area contributed by atoms with Crippen LogP contribution in [0.25, 0.3) is 28.0 Å². The van der Waals surface area contributed by atoms with Gasteiger partial charge in [-0.05, 0) is 42.7 Å². The second kappa shape index (κ2) is 7.14. The van der Waals surface area contributed by atoms with Gasteiger partial charge >= 0.3 is 0 Å². The standard InChI is InChI=1S/C21H21N7O/c22-20-19(17-5-1-2-7-23-17)21-25-11-15(12-28(21)26-20)14-6-8-24-18(10-14)27-9-3-4-16(27)13-29/h1-2,5-8,10-12,16,29H,3-4,9,13H2,(H2,22,26)/t16-/m1/s1. The van der Waals surface area contributed by atoms with E-state index in [9.17, 15) is 5.11 Å². The van der Waals surface area contributed by atoms with Crippen molar-refractivity contribution in [2.45, 2.75) is 18.9 Å². The number of nitrogen functional groups attached to an aromatic ring is 1. The van der Waals surface area contributed by atoms with Gasteiger partial charge in [0.1, 0.15) is 5.82 Å². The van der Waals surface area contributed by atoms with E-state index < -0.39 is 0 Å². The Bertz CT molecular complexity index is 1160. The summed E-state index contributed by atoms with van der Waals surface area (Å²) in [5.41, 5.74) is 10.2. The summed E-state index contributed by atoms with van der Waals surface area (Å²) in [5.74, 6) is 1.26. The molecule has 0 amide bonds. The normalized spacial score (nSPS) is 16.6. The predicted molar refractivity (Wildman–Crippen MR) is 111 cm³/mol. The van der Waals surface area contributed by atoms with E-state index in [2.05, 4.69) is 25.0 Å². The number of aliphatic hydroxyl groups is 1. The highest BCUT2D eigenvalue weighted by Gasteiger charge is 2.25. The van der Waals surface area contributed by atoms with E-state index in [1.165, 1.54) is 0 Å². The van der Waals surface area contributed by atoms with Crippen LogP contribution in [0.4, 0.5) is 11.6 Å². The highest BCUT2D eigenvalue weighted by Crippen LogP contribution is 2.30. The van der Waals surface area contributed by atoms with E-state index in [0.29, 0.717) is 11.5 Å². The average Bonchev–Trinajstić information content (AvgIpc) is 3.37. The fourth-order valence-corrected chi connectivity index (χ4v) is 3.94. The lowest BCUT2D eigenvalue weighted by Gasteiger charge is -2.24. The Kier molecular flexibility index (Phi) is 4.33. The van der Waals surface area contributed by atoms with Gasteiger partial charge in [0, 0.05) is 36.9 Å². The number of fused-ring (bicyclic) bond motifs is 1. The van der Waals surface area contributed by atoms with E-state index in [1.54, 1.807) is 16.9 Å². The lowest BCUT2D eigenvalue weighted by molar-refractivity contribution is 0.266. The molecule has 8 heteroatoms. The van der Waals surface area contributed by atoms with Gasteiger partial charge in [0.05, 0.1) is 23.9 Å². The zero-order chi connectivity index (χ0) is 19.8. The minimum Gasteiger partial charge on any atom is -0.394 e. The third-order valence-electron chi connectivity index (χ3n) is 5.38.